The van der Waals surface area contributed by atoms with Crippen molar-refractivity contribution >= 4 is 34.9 Å². The molecule has 216 valence electrons. The number of amides is 2. The molecule has 4 heterocycles. The number of hydrogen-bond acceptors (Lipinski definition) is 5. The number of benzene rings is 1. The van der Waals surface area contributed by atoms with Crippen LogP contribution in [0.15, 0.2) is 55.2 Å². The maximum absolute atomic E-state index is 14.8. The monoisotopic (exact) mass is 596 g/mol. The number of pyridine rings is 2. The maximum Gasteiger partial charge on any atom is 0.264 e. The van der Waals surface area contributed by atoms with E-state index < -0.39 is 34.3 Å². The normalized spacial score (nSPS) is 18.4. The van der Waals surface area contributed by atoms with Gasteiger partial charge >= 0.3 is 0 Å². The molecule has 1 aliphatic heterocycles. The van der Waals surface area contributed by atoms with Crippen molar-refractivity contribution in [1.29, 1.82) is 0 Å². The van der Waals surface area contributed by atoms with Gasteiger partial charge in [-0.2, -0.15) is 9.83 Å². The van der Waals surface area contributed by atoms with E-state index >= 15 is 0 Å². The number of piperidine rings is 1. The van der Waals surface area contributed by atoms with Gasteiger partial charge in [-0.3, -0.25) is 19.2 Å². The van der Waals surface area contributed by atoms with Crippen molar-refractivity contribution in [1.82, 2.24) is 14.8 Å². The summed E-state index contributed by atoms with van der Waals surface area (Å²) in [7, 11) is 0. The standard InChI is InChI=1S/C29H24ClF3N6O3/c1-14-5-16(8-34-27(14)38-12-17-7-22(17)29(38)41)15(2)39-13-20(9-35-39)36-28(40)19-6-18(10-37(42)11-19)24-21(26(32)33)3-4-23(30)25(24)31/h3-6,8-11,13,15,17,22,26H,7,12H2,1-2H3,(H,36,40)/t15?,17-,22-/m1/s1. The van der Waals surface area contributed by atoms with Crippen molar-refractivity contribution in [3.8, 4) is 11.1 Å². The van der Waals surface area contributed by atoms with Gasteiger partial charge in [-0.05, 0) is 55.5 Å². The number of aromatic nitrogens is 4. The number of aryl methyl sites for hydroxylation is 1. The summed E-state index contributed by atoms with van der Waals surface area (Å²) in [5.74, 6) is -0.494. The fourth-order valence-electron chi connectivity index (χ4n) is 5.39. The van der Waals surface area contributed by atoms with Crippen LogP contribution in [0.4, 0.5) is 24.7 Å². The summed E-state index contributed by atoms with van der Waals surface area (Å²) < 4.78 is 43.8. The Bertz CT molecular complexity index is 1750. The molecule has 13 heteroatoms. The first-order chi connectivity index (χ1) is 20.0. The summed E-state index contributed by atoms with van der Waals surface area (Å²) in [6.45, 7) is 4.50. The minimum absolute atomic E-state index is 0.129. The van der Waals surface area contributed by atoms with Crippen molar-refractivity contribution in [3.05, 3.63) is 93.6 Å². The topological polar surface area (TPSA) is 107 Å². The first-order valence-corrected chi connectivity index (χ1v) is 13.5. The Balaban J connectivity index is 1.20. The summed E-state index contributed by atoms with van der Waals surface area (Å²) in [6.07, 6.45) is 4.46. The molecule has 0 spiro atoms. The first-order valence-electron chi connectivity index (χ1n) is 13.2. The van der Waals surface area contributed by atoms with E-state index in [9.17, 15) is 28.0 Å². The van der Waals surface area contributed by atoms with E-state index in [1.807, 2.05) is 19.9 Å². The van der Waals surface area contributed by atoms with E-state index in [1.165, 1.54) is 6.20 Å². The highest BCUT2D eigenvalue weighted by molar-refractivity contribution is 6.31. The smallest absolute Gasteiger partial charge is 0.264 e. The molecule has 1 saturated carbocycles. The zero-order valence-electron chi connectivity index (χ0n) is 22.4. The molecule has 6 rings (SSSR count). The van der Waals surface area contributed by atoms with Gasteiger partial charge in [-0.1, -0.05) is 17.7 Å². The zero-order valence-corrected chi connectivity index (χ0v) is 23.1. The van der Waals surface area contributed by atoms with Crippen LogP contribution in [0.25, 0.3) is 11.1 Å². The Labute approximate surface area is 243 Å². The molecule has 1 unspecified atom stereocenters. The highest BCUT2D eigenvalue weighted by atomic mass is 35.5. The molecule has 2 aliphatic rings. The number of nitrogens with one attached hydrogen (secondary N) is 1. The molecule has 9 nitrogen and oxygen atoms in total. The molecule has 2 fully saturated rings. The fourth-order valence-corrected chi connectivity index (χ4v) is 5.55. The van der Waals surface area contributed by atoms with Crippen LogP contribution in [0, 0.1) is 29.8 Å². The lowest BCUT2D eigenvalue weighted by Crippen LogP contribution is -2.29. The third-order valence-corrected chi connectivity index (χ3v) is 8.04. The Kier molecular flexibility index (Phi) is 6.88. The highest BCUT2D eigenvalue weighted by Crippen LogP contribution is 2.47. The van der Waals surface area contributed by atoms with E-state index in [0.717, 1.165) is 48.1 Å². The minimum Gasteiger partial charge on any atom is -0.619 e. The molecule has 3 atom stereocenters. The second-order valence-electron chi connectivity index (χ2n) is 10.6. The van der Waals surface area contributed by atoms with Crippen molar-refractivity contribution in [2.24, 2.45) is 11.8 Å². The Morgan fingerprint density at radius 3 is 2.71 bits per heavy atom. The molecule has 3 aromatic heterocycles. The number of rotatable bonds is 7. The summed E-state index contributed by atoms with van der Waals surface area (Å²) >= 11 is 5.81. The molecule has 4 aromatic rings. The van der Waals surface area contributed by atoms with Crippen LogP contribution in [-0.4, -0.2) is 33.1 Å². The summed E-state index contributed by atoms with van der Waals surface area (Å²) in [5, 5.41) is 18.8. The molecule has 42 heavy (non-hydrogen) atoms. The number of fused-ring (bicyclic) bond motifs is 1. The largest absolute Gasteiger partial charge is 0.619 e. The lowest BCUT2D eigenvalue weighted by molar-refractivity contribution is -0.604. The second kappa shape index (κ2) is 10.4. The Morgan fingerprint density at radius 1 is 1.24 bits per heavy atom. The second-order valence-corrected chi connectivity index (χ2v) is 11.0. The van der Waals surface area contributed by atoms with Crippen LogP contribution < -0.4 is 14.9 Å². The Hall–Kier alpha value is -4.45. The van der Waals surface area contributed by atoms with Gasteiger partial charge < -0.3 is 10.5 Å². The van der Waals surface area contributed by atoms with Crippen LogP contribution in [-0.2, 0) is 4.79 Å². The van der Waals surface area contributed by atoms with Crippen molar-refractivity contribution in [2.75, 3.05) is 16.8 Å². The first kappa shape index (κ1) is 27.7. The lowest BCUT2D eigenvalue weighted by atomic mass is 9.99. The average Bonchev–Trinajstić information content (AvgIpc) is 3.45. The number of alkyl halides is 2. The van der Waals surface area contributed by atoms with E-state index in [4.69, 9.17) is 11.6 Å². The number of hydrogen-bond donors (Lipinski definition) is 1. The summed E-state index contributed by atoms with van der Waals surface area (Å²) in [4.78, 5) is 31.8. The van der Waals surface area contributed by atoms with Gasteiger partial charge in [0.15, 0.2) is 12.4 Å². The molecular weight excluding hydrogens is 573 g/mol. The number of carbonyl (C=O) groups is 2. The summed E-state index contributed by atoms with van der Waals surface area (Å²) in [6, 6.07) is 4.79. The molecule has 0 radical (unpaired) electrons. The number of anilines is 2. The minimum atomic E-state index is -3.04. The molecular formula is C29H24ClF3N6O3. The average molecular weight is 597 g/mol. The van der Waals surface area contributed by atoms with Gasteiger partial charge in [0.1, 0.15) is 17.2 Å². The predicted octanol–water partition coefficient (Wildman–Crippen LogP) is 5.46. The van der Waals surface area contributed by atoms with Crippen LogP contribution >= 0.6 is 11.6 Å². The SMILES string of the molecule is Cc1cc(C(C)n2cc(NC(=O)c3cc(-c4c(C(F)F)ccc(Cl)c4F)c[n+]([O-])c3)cn2)cnc1N1C[C@H]2C[C@H]2C1=O. The quantitative estimate of drug-likeness (QED) is 0.225. The van der Waals surface area contributed by atoms with Crippen LogP contribution in [0.1, 0.15) is 52.9 Å². The summed E-state index contributed by atoms with van der Waals surface area (Å²) in [5.41, 5.74) is 0.383. The zero-order chi connectivity index (χ0) is 29.9. The number of nitrogens with zero attached hydrogens (tertiary/aromatic N) is 5. The van der Waals surface area contributed by atoms with Crippen LogP contribution in [0.5, 0.6) is 0 Å². The Morgan fingerprint density at radius 2 is 2.02 bits per heavy atom. The van der Waals surface area contributed by atoms with Gasteiger partial charge in [0.25, 0.3) is 12.3 Å². The molecule has 1 N–H and O–H groups in total. The van der Waals surface area contributed by atoms with Gasteiger partial charge in [-0.25, -0.2) is 18.2 Å². The lowest BCUT2D eigenvalue weighted by Gasteiger charge is -2.21. The van der Waals surface area contributed by atoms with Crippen molar-refractivity contribution < 1.29 is 27.5 Å². The molecule has 1 aliphatic carbocycles. The van der Waals surface area contributed by atoms with Crippen molar-refractivity contribution in [3.63, 3.8) is 0 Å². The van der Waals surface area contributed by atoms with E-state index in [-0.39, 0.29) is 33.7 Å². The molecule has 0 bridgehead atoms. The predicted molar refractivity (Wildman–Crippen MR) is 148 cm³/mol. The van der Waals surface area contributed by atoms with Crippen LogP contribution in [0.2, 0.25) is 5.02 Å². The van der Waals surface area contributed by atoms with Crippen molar-refractivity contribution in [2.45, 2.75) is 32.7 Å². The third-order valence-electron chi connectivity index (χ3n) is 7.75. The molecule has 1 saturated heterocycles. The van der Waals surface area contributed by atoms with Gasteiger partial charge in [-0.15, -0.1) is 0 Å². The van der Waals surface area contributed by atoms with Gasteiger partial charge in [0.2, 0.25) is 5.91 Å². The third kappa shape index (κ3) is 4.95. The number of halogens is 4. The maximum atomic E-state index is 14.8. The number of carbonyl (C=O) groups excluding carboxylic acids is 2. The van der Waals surface area contributed by atoms with Gasteiger partial charge in [0.05, 0.1) is 28.5 Å². The highest BCUT2D eigenvalue weighted by Gasteiger charge is 2.53. The van der Waals surface area contributed by atoms with E-state index in [2.05, 4.69) is 15.4 Å². The van der Waals surface area contributed by atoms with Gasteiger partial charge in [0, 0.05) is 36.0 Å². The molecule has 2 amide bonds. The van der Waals surface area contributed by atoms with E-state index in [0.29, 0.717) is 24.0 Å². The molecule has 1 aromatic carbocycles. The van der Waals surface area contributed by atoms with E-state index in [1.54, 1.807) is 22.0 Å². The fraction of sp³-hybridized carbons (Fsp3) is 0.276. The van der Waals surface area contributed by atoms with Crippen LogP contribution in [0.3, 0.4) is 0 Å².